The Labute approximate surface area is 197 Å². The van der Waals surface area contributed by atoms with E-state index in [0.717, 1.165) is 22.3 Å². The van der Waals surface area contributed by atoms with Gasteiger partial charge in [-0.25, -0.2) is 17.6 Å². The zero-order valence-electron chi connectivity index (χ0n) is 19.3. The average Bonchev–Trinajstić information content (AvgIpc) is 3.40. The van der Waals surface area contributed by atoms with Crippen LogP contribution >= 0.6 is 0 Å². The molecule has 2 heterocycles. The molecule has 1 aliphatic rings. The molecule has 0 bridgehead atoms. The number of hydrogen-bond donors (Lipinski definition) is 0. The normalized spacial score (nSPS) is 13.3. The summed E-state index contributed by atoms with van der Waals surface area (Å²) < 4.78 is 63.7. The second-order valence-electron chi connectivity index (χ2n) is 8.67. The third-order valence-electron chi connectivity index (χ3n) is 6.36. The van der Waals surface area contributed by atoms with E-state index >= 15 is 0 Å². The summed E-state index contributed by atoms with van der Waals surface area (Å²) in [4.78, 5) is 25.5. The lowest BCUT2D eigenvalue weighted by molar-refractivity contribution is 0.0988. The average molecular weight is 481 g/mol. The number of aryl methyl sites for hydroxylation is 4. The van der Waals surface area contributed by atoms with Gasteiger partial charge in [0.25, 0.3) is 0 Å². The molecule has 178 valence electrons. The highest BCUT2D eigenvalue weighted by Crippen LogP contribution is 2.37. The topological polar surface area (TPSA) is 52.2 Å². The number of rotatable bonds is 3. The van der Waals surface area contributed by atoms with Crippen molar-refractivity contribution in [3.8, 4) is 11.3 Å². The highest BCUT2D eigenvalue weighted by Gasteiger charge is 2.42. The molecule has 0 N–H and O–H groups in total. The van der Waals surface area contributed by atoms with E-state index in [1.807, 2.05) is 33.8 Å². The molecule has 8 heteroatoms. The summed E-state index contributed by atoms with van der Waals surface area (Å²) in [6.07, 6.45) is 1.17. The Morgan fingerprint density at radius 1 is 0.800 bits per heavy atom. The van der Waals surface area contributed by atoms with Crippen LogP contribution in [0.15, 0.2) is 34.3 Å². The number of ketones is 2. The number of halogens is 4. The maximum atomic E-state index is 14.2. The van der Waals surface area contributed by atoms with Gasteiger partial charge in [-0.2, -0.15) is 0 Å². The molecule has 5 rings (SSSR count). The number of allylic oxidation sites excluding steroid dienone is 1. The Morgan fingerprint density at radius 2 is 1.34 bits per heavy atom. The van der Waals surface area contributed by atoms with Gasteiger partial charge in [-0.05, 0) is 44.9 Å². The van der Waals surface area contributed by atoms with Gasteiger partial charge in [-0.15, -0.1) is 0 Å². The standard InChI is InChI=1S/C27H19F4NO3/c1-5-32-14(8-15-26(33)20-21(27(15)34)23(29)25(31)24(30)22(20)28)9-17-16(32)10-18(35-17)19-12(3)6-11(2)7-13(19)4/h6-10H,5H2,1-4H3. The highest BCUT2D eigenvalue weighted by atomic mass is 19.2. The minimum atomic E-state index is -2.13. The number of aromatic nitrogens is 1. The van der Waals surface area contributed by atoms with Crippen molar-refractivity contribution >= 4 is 28.7 Å². The zero-order valence-corrected chi connectivity index (χ0v) is 19.3. The molecule has 2 aromatic heterocycles. The lowest BCUT2D eigenvalue weighted by Crippen LogP contribution is -2.07. The summed E-state index contributed by atoms with van der Waals surface area (Å²) in [7, 11) is 0. The minimum Gasteiger partial charge on any atom is -0.454 e. The van der Waals surface area contributed by atoms with Gasteiger partial charge < -0.3 is 8.98 Å². The van der Waals surface area contributed by atoms with Crippen molar-refractivity contribution in [2.75, 3.05) is 0 Å². The van der Waals surface area contributed by atoms with Gasteiger partial charge in [0, 0.05) is 29.9 Å². The summed E-state index contributed by atoms with van der Waals surface area (Å²) in [5.41, 5.74) is 2.97. The van der Waals surface area contributed by atoms with E-state index < -0.39 is 51.5 Å². The van der Waals surface area contributed by atoms with Gasteiger partial charge in [0.2, 0.25) is 11.6 Å². The molecule has 0 saturated carbocycles. The molecule has 4 nitrogen and oxygen atoms in total. The molecule has 35 heavy (non-hydrogen) atoms. The van der Waals surface area contributed by atoms with Gasteiger partial charge >= 0.3 is 0 Å². The second-order valence-corrected chi connectivity index (χ2v) is 8.67. The molecule has 0 saturated heterocycles. The van der Waals surface area contributed by atoms with E-state index in [2.05, 4.69) is 12.1 Å². The minimum absolute atomic E-state index is 0.372. The first-order chi connectivity index (χ1) is 16.5. The molecule has 0 aliphatic heterocycles. The lowest BCUT2D eigenvalue weighted by atomic mass is 9.98. The van der Waals surface area contributed by atoms with Crippen molar-refractivity contribution in [3.63, 3.8) is 0 Å². The number of hydrogen-bond acceptors (Lipinski definition) is 3. The Balaban J connectivity index is 1.64. The van der Waals surface area contributed by atoms with Crippen molar-refractivity contribution in [2.24, 2.45) is 0 Å². The summed E-state index contributed by atoms with van der Waals surface area (Å²) in [5, 5.41) is 0. The van der Waals surface area contributed by atoms with Crippen LogP contribution in [0.2, 0.25) is 0 Å². The van der Waals surface area contributed by atoms with Crippen LogP contribution in [0, 0.1) is 44.0 Å². The number of carbonyl (C=O) groups excluding carboxylic acids is 2. The predicted molar refractivity (Wildman–Crippen MR) is 122 cm³/mol. The number of furan rings is 1. The van der Waals surface area contributed by atoms with E-state index in [9.17, 15) is 27.2 Å². The first kappa shape index (κ1) is 22.8. The molecule has 0 unspecified atom stereocenters. The maximum absolute atomic E-state index is 14.2. The van der Waals surface area contributed by atoms with Crippen molar-refractivity contribution in [1.29, 1.82) is 0 Å². The van der Waals surface area contributed by atoms with Crippen molar-refractivity contribution < 1.29 is 31.6 Å². The number of Topliss-reactive ketones (excluding diaryl/α,β-unsaturated/α-hetero) is 2. The third-order valence-corrected chi connectivity index (χ3v) is 6.36. The molecule has 0 amide bonds. The van der Waals surface area contributed by atoms with Gasteiger partial charge in [-0.1, -0.05) is 17.7 Å². The molecule has 0 spiro atoms. The Bertz CT molecular complexity index is 1570. The summed E-state index contributed by atoms with van der Waals surface area (Å²) in [6, 6.07) is 7.56. The van der Waals surface area contributed by atoms with Crippen molar-refractivity contribution in [2.45, 2.75) is 34.2 Å². The van der Waals surface area contributed by atoms with E-state index in [4.69, 9.17) is 4.42 Å². The van der Waals surface area contributed by atoms with Crippen molar-refractivity contribution in [3.05, 3.63) is 86.6 Å². The molecule has 1 aliphatic carbocycles. The fourth-order valence-corrected chi connectivity index (χ4v) is 4.94. The predicted octanol–water partition coefficient (Wildman–Crippen LogP) is 6.87. The van der Waals surface area contributed by atoms with Crippen LogP contribution in [0.1, 0.15) is 50.0 Å². The van der Waals surface area contributed by atoms with Gasteiger partial charge in [0.15, 0.2) is 28.9 Å². The Kier molecular flexibility index (Phi) is 5.09. The molecule has 4 aromatic rings. The SMILES string of the molecule is CCn1c(C=C2C(=O)c3c(F)c(F)c(F)c(F)c3C2=O)cc2oc(-c3c(C)cc(C)cc3C)cc21. The van der Waals surface area contributed by atoms with Crippen molar-refractivity contribution in [1.82, 2.24) is 4.57 Å². The van der Waals surface area contributed by atoms with Crippen LogP contribution in [0.3, 0.4) is 0 Å². The quantitative estimate of drug-likeness (QED) is 0.106. The first-order valence-electron chi connectivity index (χ1n) is 10.9. The van der Waals surface area contributed by atoms with Gasteiger partial charge in [-0.3, -0.25) is 9.59 Å². The fourth-order valence-electron chi connectivity index (χ4n) is 4.94. The van der Waals surface area contributed by atoms with Crippen LogP contribution in [-0.4, -0.2) is 16.1 Å². The summed E-state index contributed by atoms with van der Waals surface area (Å²) in [5.74, 6) is -9.77. The van der Waals surface area contributed by atoms with Gasteiger partial charge in [0.05, 0.1) is 22.2 Å². The zero-order chi connectivity index (χ0) is 25.3. The third kappa shape index (κ3) is 3.20. The molecule has 2 aromatic carbocycles. The highest BCUT2D eigenvalue weighted by molar-refractivity contribution is 6.41. The van der Waals surface area contributed by atoms with Crippen LogP contribution < -0.4 is 0 Å². The van der Waals surface area contributed by atoms with Crippen LogP contribution in [0.5, 0.6) is 0 Å². The van der Waals surface area contributed by atoms with E-state index in [0.29, 0.717) is 29.1 Å². The monoisotopic (exact) mass is 481 g/mol. The van der Waals surface area contributed by atoms with Crippen LogP contribution in [0.4, 0.5) is 17.6 Å². The molecule has 0 atom stereocenters. The molecule has 0 fully saturated rings. The smallest absolute Gasteiger partial charge is 0.200 e. The number of benzene rings is 2. The van der Waals surface area contributed by atoms with E-state index in [1.165, 1.54) is 6.08 Å². The number of carbonyl (C=O) groups is 2. The molecular formula is C27H19F4NO3. The van der Waals surface area contributed by atoms with Gasteiger partial charge in [0.1, 0.15) is 5.76 Å². The molecule has 0 radical (unpaired) electrons. The lowest BCUT2D eigenvalue weighted by Gasteiger charge is -2.09. The Morgan fingerprint density at radius 3 is 1.86 bits per heavy atom. The fraction of sp³-hybridized carbons (Fsp3) is 0.185. The number of nitrogens with zero attached hydrogens (tertiary/aromatic N) is 1. The van der Waals surface area contributed by atoms with E-state index in [1.54, 1.807) is 10.6 Å². The largest absolute Gasteiger partial charge is 0.454 e. The second kappa shape index (κ2) is 7.80. The summed E-state index contributed by atoms with van der Waals surface area (Å²) >= 11 is 0. The maximum Gasteiger partial charge on any atom is 0.200 e. The number of fused-ring (bicyclic) bond motifs is 2. The summed E-state index contributed by atoms with van der Waals surface area (Å²) in [6.45, 7) is 8.26. The van der Waals surface area contributed by atoms with E-state index in [-0.39, 0.29) is 0 Å². The first-order valence-corrected chi connectivity index (χ1v) is 10.9. The Hall–Kier alpha value is -3.94. The van der Waals surface area contributed by atoms with Crippen LogP contribution in [0.25, 0.3) is 28.5 Å². The molecular weight excluding hydrogens is 462 g/mol. The van der Waals surface area contributed by atoms with Crippen LogP contribution in [-0.2, 0) is 6.54 Å².